The van der Waals surface area contributed by atoms with E-state index in [1.54, 1.807) is 19.1 Å². The Kier molecular flexibility index (Phi) is 3.91. The average Bonchev–Trinajstić information content (AvgIpc) is 2.21. The molecule has 4 heteroatoms. The topological polar surface area (TPSA) is 46.2 Å². The van der Waals surface area contributed by atoms with Gasteiger partial charge in [0, 0.05) is 5.69 Å². The minimum atomic E-state index is -3.17. The van der Waals surface area contributed by atoms with Crippen molar-refractivity contribution in [2.24, 2.45) is 0 Å². The van der Waals surface area contributed by atoms with E-state index in [1.165, 1.54) is 0 Å². The van der Waals surface area contributed by atoms with Crippen molar-refractivity contribution < 1.29 is 8.42 Å². The van der Waals surface area contributed by atoms with Crippen LogP contribution in [0.4, 0.5) is 5.69 Å². The molecule has 0 aromatic heterocycles. The Hall–Kier alpha value is -1.29. The third-order valence-corrected chi connectivity index (χ3v) is 3.23. The number of sulfonamides is 1. The highest BCUT2D eigenvalue weighted by molar-refractivity contribution is 7.92. The van der Waals surface area contributed by atoms with E-state index in [-0.39, 0.29) is 5.75 Å². The molecule has 15 heavy (non-hydrogen) atoms. The second kappa shape index (κ2) is 4.98. The van der Waals surface area contributed by atoms with Crippen molar-refractivity contribution in [3.05, 3.63) is 35.9 Å². The molecule has 0 heterocycles. The van der Waals surface area contributed by atoms with Crippen LogP contribution in [0.5, 0.6) is 0 Å². The van der Waals surface area contributed by atoms with Gasteiger partial charge >= 0.3 is 0 Å². The van der Waals surface area contributed by atoms with E-state index in [1.807, 2.05) is 31.2 Å². The summed E-state index contributed by atoms with van der Waals surface area (Å²) in [4.78, 5) is 0. The van der Waals surface area contributed by atoms with Gasteiger partial charge in [-0.1, -0.05) is 24.3 Å². The van der Waals surface area contributed by atoms with E-state index in [0.717, 1.165) is 5.56 Å². The van der Waals surface area contributed by atoms with Crippen molar-refractivity contribution in [2.45, 2.75) is 13.8 Å². The lowest BCUT2D eigenvalue weighted by atomic mass is 10.2. The molecular formula is C11H15NO2S. The molecule has 1 rings (SSSR count). The predicted octanol–water partition coefficient (Wildman–Crippen LogP) is 2.48. The first-order valence-corrected chi connectivity index (χ1v) is 6.46. The Balaban J connectivity index is 2.82. The quantitative estimate of drug-likeness (QED) is 0.855. The molecule has 0 saturated carbocycles. The fourth-order valence-corrected chi connectivity index (χ4v) is 1.75. The van der Waals surface area contributed by atoms with Crippen molar-refractivity contribution in [1.29, 1.82) is 0 Å². The van der Waals surface area contributed by atoms with Crippen molar-refractivity contribution in [3.63, 3.8) is 0 Å². The number of anilines is 1. The SMILES string of the molecule is C/C=C/c1ccc(NS(=O)(=O)CC)cc1. The molecule has 1 N–H and O–H groups in total. The number of hydrogen-bond donors (Lipinski definition) is 1. The Labute approximate surface area is 90.9 Å². The van der Waals surface area contributed by atoms with Crippen molar-refractivity contribution in [1.82, 2.24) is 0 Å². The van der Waals surface area contributed by atoms with Crippen LogP contribution in [-0.2, 0) is 10.0 Å². The van der Waals surface area contributed by atoms with Crippen LogP contribution in [0.3, 0.4) is 0 Å². The summed E-state index contributed by atoms with van der Waals surface area (Å²) in [7, 11) is -3.17. The fourth-order valence-electron chi connectivity index (χ4n) is 1.11. The Morgan fingerprint density at radius 3 is 2.33 bits per heavy atom. The molecule has 82 valence electrons. The largest absolute Gasteiger partial charge is 0.284 e. The zero-order chi connectivity index (χ0) is 11.3. The normalized spacial score (nSPS) is 11.9. The molecule has 0 spiro atoms. The summed E-state index contributed by atoms with van der Waals surface area (Å²) in [6.07, 6.45) is 3.89. The standard InChI is InChI=1S/C11H15NO2S/c1-3-5-10-6-8-11(9-7-10)12-15(13,14)4-2/h3,5-9,12H,4H2,1-2H3/b5-3+. The van der Waals surface area contributed by atoms with Crippen molar-refractivity contribution in [2.75, 3.05) is 10.5 Å². The third kappa shape index (κ3) is 3.75. The smallest absolute Gasteiger partial charge is 0.232 e. The minimum absolute atomic E-state index is 0.0869. The number of benzene rings is 1. The van der Waals surface area contributed by atoms with Gasteiger partial charge in [0.1, 0.15) is 0 Å². The van der Waals surface area contributed by atoms with Crippen LogP contribution in [0.25, 0.3) is 6.08 Å². The highest BCUT2D eigenvalue weighted by Gasteiger charge is 2.05. The molecule has 1 aromatic rings. The van der Waals surface area contributed by atoms with Gasteiger partial charge in [0.25, 0.3) is 0 Å². The van der Waals surface area contributed by atoms with E-state index in [4.69, 9.17) is 0 Å². The maximum Gasteiger partial charge on any atom is 0.232 e. The molecule has 0 amide bonds. The molecule has 1 aromatic carbocycles. The van der Waals surface area contributed by atoms with Gasteiger partial charge < -0.3 is 0 Å². The van der Waals surface area contributed by atoms with Crippen molar-refractivity contribution >= 4 is 21.8 Å². The summed E-state index contributed by atoms with van der Waals surface area (Å²) < 4.78 is 25.0. The molecule has 0 aliphatic heterocycles. The molecule has 0 bridgehead atoms. The summed E-state index contributed by atoms with van der Waals surface area (Å²) in [6.45, 7) is 3.55. The van der Waals surface area contributed by atoms with E-state index in [0.29, 0.717) is 5.69 Å². The Bertz CT molecular complexity index is 432. The summed E-state index contributed by atoms with van der Waals surface area (Å²) in [5, 5.41) is 0. The molecule has 0 radical (unpaired) electrons. The van der Waals surface area contributed by atoms with Gasteiger partial charge in [-0.15, -0.1) is 0 Å². The van der Waals surface area contributed by atoms with Gasteiger partial charge in [-0.3, -0.25) is 4.72 Å². The average molecular weight is 225 g/mol. The van der Waals surface area contributed by atoms with Crippen LogP contribution in [-0.4, -0.2) is 14.2 Å². The monoisotopic (exact) mass is 225 g/mol. The molecule has 0 aliphatic rings. The van der Waals surface area contributed by atoms with E-state index < -0.39 is 10.0 Å². The summed E-state index contributed by atoms with van der Waals surface area (Å²) in [6, 6.07) is 7.24. The second-order valence-electron chi connectivity index (χ2n) is 3.13. The van der Waals surface area contributed by atoms with Crippen LogP contribution in [0.2, 0.25) is 0 Å². The van der Waals surface area contributed by atoms with Gasteiger partial charge in [0.05, 0.1) is 5.75 Å². The third-order valence-electron chi connectivity index (χ3n) is 1.92. The molecule has 0 saturated heterocycles. The predicted molar refractivity (Wildman–Crippen MR) is 64.2 cm³/mol. The maximum atomic E-state index is 11.3. The van der Waals surface area contributed by atoms with E-state index >= 15 is 0 Å². The van der Waals surface area contributed by atoms with Gasteiger partial charge in [0.2, 0.25) is 10.0 Å². The second-order valence-corrected chi connectivity index (χ2v) is 5.14. The fraction of sp³-hybridized carbons (Fsp3) is 0.273. The molecular weight excluding hydrogens is 210 g/mol. The first-order chi connectivity index (χ1) is 7.07. The molecule has 0 unspecified atom stereocenters. The first kappa shape index (κ1) is 11.8. The lowest BCUT2D eigenvalue weighted by molar-refractivity contribution is 0.602. The summed E-state index contributed by atoms with van der Waals surface area (Å²) >= 11 is 0. The van der Waals surface area contributed by atoms with Gasteiger partial charge in [-0.05, 0) is 31.5 Å². The van der Waals surface area contributed by atoms with Crippen LogP contribution in [0.1, 0.15) is 19.4 Å². The zero-order valence-electron chi connectivity index (χ0n) is 8.90. The molecule has 0 aliphatic carbocycles. The minimum Gasteiger partial charge on any atom is -0.284 e. The van der Waals surface area contributed by atoms with Crippen molar-refractivity contribution in [3.8, 4) is 0 Å². The Morgan fingerprint density at radius 1 is 1.27 bits per heavy atom. The lowest BCUT2D eigenvalue weighted by Crippen LogP contribution is -2.14. The highest BCUT2D eigenvalue weighted by atomic mass is 32.2. The van der Waals surface area contributed by atoms with Gasteiger partial charge in [-0.2, -0.15) is 0 Å². The van der Waals surface area contributed by atoms with Gasteiger partial charge in [-0.25, -0.2) is 8.42 Å². The molecule has 0 atom stereocenters. The van der Waals surface area contributed by atoms with Crippen LogP contribution >= 0.6 is 0 Å². The van der Waals surface area contributed by atoms with Crippen LogP contribution < -0.4 is 4.72 Å². The highest BCUT2D eigenvalue weighted by Crippen LogP contribution is 2.12. The van der Waals surface area contributed by atoms with Crippen LogP contribution in [0, 0.1) is 0 Å². The number of allylic oxidation sites excluding steroid dienone is 1. The molecule has 0 fully saturated rings. The number of nitrogens with one attached hydrogen (secondary N) is 1. The first-order valence-electron chi connectivity index (χ1n) is 4.80. The maximum absolute atomic E-state index is 11.3. The zero-order valence-corrected chi connectivity index (χ0v) is 9.71. The van der Waals surface area contributed by atoms with E-state index in [9.17, 15) is 8.42 Å². The van der Waals surface area contributed by atoms with E-state index in [2.05, 4.69) is 4.72 Å². The lowest BCUT2D eigenvalue weighted by Gasteiger charge is -2.05. The number of hydrogen-bond acceptors (Lipinski definition) is 2. The Morgan fingerprint density at radius 2 is 1.87 bits per heavy atom. The number of rotatable bonds is 4. The summed E-state index contributed by atoms with van der Waals surface area (Å²) in [5.41, 5.74) is 1.65. The summed E-state index contributed by atoms with van der Waals surface area (Å²) in [5.74, 6) is 0.0869. The van der Waals surface area contributed by atoms with Gasteiger partial charge in [0.15, 0.2) is 0 Å². The molecule has 3 nitrogen and oxygen atoms in total. The van der Waals surface area contributed by atoms with Crippen LogP contribution in [0.15, 0.2) is 30.3 Å².